The Morgan fingerprint density at radius 2 is 2.41 bits per heavy atom. The summed E-state index contributed by atoms with van der Waals surface area (Å²) in [5.74, 6) is 0.298. The van der Waals surface area contributed by atoms with E-state index in [4.69, 9.17) is 4.74 Å². The van der Waals surface area contributed by atoms with Gasteiger partial charge in [0.1, 0.15) is 0 Å². The van der Waals surface area contributed by atoms with Gasteiger partial charge in [0.05, 0.1) is 18.1 Å². The molecule has 92 valence electrons. The number of aromatic nitrogens is 1. The summed E-state index contributed by atoms with van der Waals surface area (Å²) < 4.78 is 5.71. The Bertz CT molecular complexity index is 448. The van der Waals surface area contributed by atoms with Crippen LogP contribution in [0, 0.1) is 15.5 Å². The minimum atomic E-state index is -0.445. The maximum absolute atomic E-state index is 10.9. The van der Waals surface area contributed by atoms with Gasteiger partial charge in [0.2, 0.25) is 5.82 Å². The van der Waals surface area contributed by atoms with E-state index in [0.717, 1.165) is 0 Å². The molecule has 1 saturated heterocycles. The second-order valence-electron chi connectivity index (χ2n) is 4.44. The molecule has 0 amide bonds. The van der Waals surface area contributed by atoms with Crippen LogP contribution < -0.4 is 5.32 Å². The molecule has 2 heterocycles. The number of ether oxygens (including phenoxy) is 1. The van der Waals surface area contributed by atoms with Crippen LogP contribution in [-0.2, 0) is 4.74 Å². The summed E-state index contributed by atoms with van der Waals surface area (Å²) in [6.07, 6.45) is 1.54. The van der Waals surface area contributed by atoms with E-state index >= 15 is 0 Å². The number of hydrogen-bond acceptors (Lipinski definition) is 5. The van der Waals surface area contributed by atoms with Gasteiger partial charge in [0.25, 0.3) is 0 Å². The molecule has 0 unspecified atom stereocenters. The zero-order valence-electron chi connectivity index (χ0n) is 9.27. The number of nitro groups is 1. The molecule has 0 aromatic carbocycles. The Morgan fingerprint density at radius 3 is 2.94 bits per heavy atom. The highest BCUT2D eigenvalue weighted by Crippen LogP contribution is 2.29. The molecule has 0 saturated carbocycles. The third-order valence-electron chi connectivity index (χ3n) is 2.61. The fourth-order valence-corrected chi connectivity index (χ4v) is 1.87. The smallest absolute Gasteiger partial charge is 0.312 e. The lowest BCUT2D eigenvalue weighted by Gasteiger charge is -2.38. The van der Waals surface area contributed by atoms with E-state index in [9.17, 15) is 10.1 Å². The summed E-state index contributed by atoms with van der Waals surface area (Å²) in [6, 6.07) is 1.44. The molecule has 1 aromatic heterocycles. The third-order valence-corrected chi connectivity index (χ3v) is 3.05. The number of halogens is 1. The molecule has 1 aliphatic heterocycles. The first-order chi connectivity index (χ1) is 8.00. The van der Waals surface area contributed by atoms with Crippen molar-refractivity contribution in [2.45, 2.75) is 6.92 Å². The van der Waals surface area contributed by atoms with Crippen LogP contribution in [0.2, 0.25) is 0 Å². The second-order valence-corrected chi connectivity index (χ2v) is 5.35. The maximum atomic E-state index is 10.9. The number of nitrogens with zero attached hydrogens (tertiary/aromatic N) is 2. The zero-order valence-corrected chi connectivity index (χ0v) is 10.9. The molecule has 0 bridgehead atoms. The van der Waals surface area contributed by atoms with Crippen LogP contribution in [0.3, 0.4) is 0 Å². The van der Waals surface area contributed by atoms with Crippen LogP contribution in [-0.4, -0.2) is 29.7 Å². The molecule has 1 aromatic rings. The molecular formula is C10H12BrN3O3. The maximum Gasteiger partial charge on any atom is 0.312 e. The van der Waals surface area contributed by atoms with E-state index in [-0.39, 0.29) is 11.1 Å². The molecule has 1 fully saturated rings. The van der Waals surface area contributed by atoms with Crippen LogP contribution in [0.5, 0.6) is 0 Å². The Kier molecular flexibility index (Phi) is 3.30. The zero-order chi connectivity index (χ0) is 12.5. The van der Waals surface area contributed by atoms with Crippen molar-refractivity contribution in [3.8, 4) is 0 Å². The van der Waals surface area contributed by atoms with Crippen molar-refractivity contribution in [1.82, 2.24) is 4.98 Å². The molecule has 17 heavy (non-hydrogen) atoms. The predicted octanol–water partition coefficient (Wildman–Crippen LogP) is 2.20. The summed E-state index contributed by atoms with van der Waals surface area (Å²) in [6.45, 7) is 4.02. The van der Waals surface area contributed by atoms with Crippen LogP contribution in [0.1, 0.15) is 6.92 Å². The molecule has 0 aliphatic carbocycles. The SMILES string of the molecule is CC1(CNc2ncc(Br)cc2[N+](=O)[O-])COC1. The van der Waals surface area contributed by atoms with Gasteiger partial charge in [-0.1, -0.05) is 6.92 Å². The monoisotopic (exact) mass is 301 g/mol. The molecule has 0 spiro atoms. The van der Waals surface area contributed by atoms with E-state index < -0.39 is 4.92 Å². The average Bonchev–Trinajstić information content (AvgIpc) is 2.24. The predicted molar refractivity (Wildman–Crippen MR) is 66.0 cm³/mol. The highest BCUT2D eigenvalue weighted by molar-refractivity contribution is 9.10. The number of anilines is 1. The Labute approximate surface area is 107 Å². The van der Waals surface area contributed by atoms with Crippen LogP contribution in [0.15, 0.2) is 16.7 Å². The molecule has 7 heteroatoms. The largest absolute Gasteiger partial charge is 0.380 e. The Balaban J connectivity index is 2.12. The normalized spacial score (nSPS) is 17.3. The van der Waals surface area contributed by atoms with Gasteiger partial charge < -0.3 is 10.1 Å². The van der Waals surface area contributed by atoms with Crippen LogP contribution in [0.4, 0.5) is 11.5 Å². The minimum absolute atomic E-state index is 0.0248. The average molecular weight is 302 g/mol. The highest BCUT2D eigenvalue weighted by atomic mass is 79.9. The first kappa shape index (κ1) is 12.3. The number of rotatable bonds is 4. The van der Waals surface area contributed by atoms with E-state index in [1.807, 2.05) is 0 Å². The van der Waals surface area contributed by atoms with Crippen LogP contribution in [0.25, 0.3) is 0 Å². The van der Waals surface area contributed by atoms with Gasteiger partial charge in [-0.05, 0) is 15.9 Å². The van der Waals surface area contributed by atoms with Crippen molar-refractivity contribution < 1.29 is 9.66 Å². The highest BCUT2D eigenvalue weighted by Gasteiger charge is 2.33. The molecule has 6 nitrogen and oxygen atoms in total. The summed E-state index contributed by atoms with van der Waals surface area (Å²) in [7, 11) is 0. The summed E-state index contributed by atoms with van der Waals surface area (Å²) >= 11 is 3.17. The van der Waals surface area contributed by atoms with Gasteiger partial charge in [-0.25, -0.2) is 4.98 Å². The van der Waals surface area contributed by atoms with Crippen molar-refractivity contribution in [2.75, 3.05) is 25.1 Å². The first-order valence-corrected chi connectivity index (χ1v) is 5.91. The first-order valence-electron chi connectivity index (χ1n) is 5.12. The summed E-state index contributed by atoms with van der Waals surface area (Å²) in [5, 5.41) is 13.9. The minimum Gasteiger partial charge on any atom is -0.380 e. The van der Waals surface area contributed by atoms with Gasteiger partial charge in [-0.2, -0.15) is 0 Å². The van der Waals surface area contributed by atoms with Crippen molar-refractivity contribution in [2.24, 2.45) is 5.41 Å². The molecule has 0 radical (unpaired) electrons. The van der Waals surface area contributed by atoms with Gasteiger partial charge in [-0.15, -0.1) is 0 Å². The number of pyridine rings is 1. The van der Waals surface area contributed by atoms with Crippen LogP contribution >= 0.6 is 15.9 Å². The van der Waals surface area contributed by atoms with Crippen molar-refractivity contribution in [3.63, 3.8) is 0 Å². The fourth-order valence-electron chi connectivity index (χ4n) is 1.55. The molecule has 1 aliphatic rings. The molecule has 1 N–H and O–H groups in total. The molecule has 2 rings (SSSR count). The van der Waals surface area contributed by atoms with Crippen molar-refractivity contribution in [1.29, 1.82) is 0 Å². The summed E-state index contributed by atoms with van der Waals surface area (Å²) in [5.41, 5.74) is 0.0195. The van der Waals surface area contributed by atoms with E-state index in [0.29, 0.717) is 30.0 Å². The van der Waals surface area contributed by atoms with E-state index in [1.165, 1.54) is 12.3 Å². The number of nitrogens with one attached hydrogen (secondary N) is 1. The Morgan fingerprint density at radius 1 is 1.71 bits per heavy atom. The van der Waals surface area contributed by atoms with Crippen molar-refractivity contribution in [3.05, 3.63) is 26.9 Å². The lowest BCUT2D eigenvalue weighted by molar-refractivity contribution is -0.384. The van der Waals surface area contributed by atoms with Gasteiger partial charge >= 0.3 is 5.69 Å². The standard InChI is InChI=1S/C10H12BrN3O3/c1-10(5-17-6-10)4-13-9-8(14(15)16)2-7(11)3-12-9/h2-3H,4-6H2,1H3,(H,12,13). The van der Waals surface area contributed by atoms with Gasteiger partial charge in [-0.3, -0.25) is 10.1 Å². The van der Waals surface area contributed by atoms with Crippen molar-refractivity contribution >= 4 is 27.4 Å². The van der Waals surface area contributed by atoms with Gasteiger partial charge in [0.15, 0.2) is 0 Å². The van der Waals surface area contributed by atoms with Gasteiger partial charge in [0, 0.05) is 28.7 Å². The lowest BCUT2D eigenvalue weighted by atomic mass is 9.89. The summed E-state index contributed by atoms with van der Waals surface area (Å²) in [4.78, 5) is 14.4. The topological polar surface area (TPSA) is 77.3 Å². The molecule has 0 atom stereocenters. The molecular weight excluding hydrogens is 290 g/mol. The number of hydrogen-bond donors (Lipinski definition) is 1. The van der Waals surface area contributed by atoms with E-state index in [1.54, 1.807) is 0 Å². The quantitative estimate of drug-likeness (QED) is 0.681. The Hall–Kier alpha value is -1.21. The fraction of sp³-hybridized carbons (Fsp3) is 0.500. The second kappa shape index (κ2) is 4.58. The third kappa shape index (κ3) is 2.73. The lowest BCUT2D eigenvalue weighted by Crippen LogP contribution is -2.45. The van der Waals surface area contributed by atoms with E-state index in [2.05, 4.69) is 33.2 Å².